The highest BCUT2D eigenvalue weighted by molar-refractivity contribution is 5.67. The number of nitrogens with one attached hydrogen (secondary N) is 1. The van der Waals surface area contributed by atoms with Gasteiger partial charge in [0.25, 0.3) is 0 Å². The third kappa shape index (κ3) is 11.1. The van der Waals surface area contributed by atoms with E-state index in [1.54, 1.807) is 0 Å². The van der Waals surface area contributed by atoms with Gasteiger partial charge >= 0.3 is 12.3 Å². The number of hydrogen-bond donors (Lipinski definition) is 1. The summed E-state index contributed by atoms with van der Waals surface area (Å²) in [5.74, 6) is 0. The van der Waals surface area contributed by atoms with Gasteiger partial charge in [0.2, 0.25) is 0 Å². The van der Waals surface area contributed by atoms with Gasteiger partial charge < -0.3 is 19.5 Å². The minimum Gasteiger partial charge on any atom is -0.440 e. The van der Waals surface area contributed by atoms with Crippen molar-refractivity contribution in [2.75, 3.05) is 40.1 Å². The Hall–Kier alpha value is -1.02. The fraction of sp³-hybridized carbons (Fsp3) is 0.875. The summed E-state index contributed by atoms with van der Waals surface area (Å²) in [4.78, 5) is 10.7. The highest BCUT2D eigenvalue weighted by Crippen LogP contribution is 2.14. The number of halogens is 3. The number of alkyl halides is 3. The Balaban J connectivity index is 3.31. The molecule has 0 aromatic carbocycles. The van der Waals surface area contributed by atoms with E-state index in [0.717, 1.165) is 0 Å². The Morgan fingerprint density at radius 3 is 2.50 bits per heavy atom. The second-order valence-corrected chi connectivity index (χ2v) is 2.72. The van der Waals surface area contributed by atoms with Crippen molar-refractivity contribution in [2.45, 2.75) is 6.18 Å². The fourth-order valence-electron chi connectivity index (χ4n) is 0.668. The molecular formula is C8H14F3NO4. The van der Waals surface area contributed by atoms with Gasteiger partial charge in [-0.2, -0.15) is 13.2 Å². The zero-order valence-electron chi connectivity index (χ0n) is 8.80. The molecule has 5 nitrogen and oxygen atoms in total. The van der Waals surface area contributed by atoms with Gasteiger partial charge in [-0.25, -0.2) is 4.79 Å². The van der Waals surface area contributed by atoms with Gasteiger partial charge in [-0.05, 0) is 0 Å². The van der Waals surface area contributed by atoms with Crippen LogP contribution in [0.3, 0.4) is 0 Å². The summed E-state index contributed by atoms with van der Waals surface area (Å²) in [6.07, 6.45) is -5.63. The van der Waals surface area contributed by atoms with E-state index in [2.05, 4.69) is 14.8 Å². The first-order chi connectivity index (χ1) is 7.45. The molecule has 16 heavy (non-hydrogen) atoms. The topological polar surface area (TPSA) is 56.8 Å². The van der Waals surface area contributed by atoms with Gasteiger partial charge in [0.15, 0.2) is 6.61 Å². The molecule has 1 amide bonds. The van der Waals surface area contributed by atoms with Crippen LogP contribution in [0.5, 0.6) is 0 Å². The summed E-state index contributed by atoms with van der Waals surface area (Å²) in [5.41, 5.74) is 0. The highest BCUT2D eigenvalue weighted by Gasteiger charge is 2.29. The third-order valence-electron chi connectivity index (χ3n) is 1.31. The Labute approximate surface area is 90.8 Å². The first-order valence-corrected chi connectivity index (χ1v) is 4.50. The van der Waals surface area contributed by atoms with E-state index in [1.165, 1.54) is 7.11 Å². The number of amides is 1. The van der Waals surface area contributed by atoms with Crippen LogP contribution in [-0.4, -0.2) is 52.4 Å². The maximum Gasteiger partial charge on any atom is 0.422 e. The van der Waals surface area contributed by atoms with Crippen LogP contribution in [0.15, 0.2) is 0 Å². The van der Waals surface area contributed by atoms with Crippen LogP contribution in [0.2, 0.25) is 0 Å². The van der Waals surface area contributed by atoms with Gasteiger partial charge in [-0.15, -0.1) is 0 Å². The average molecular weight is 245 g/mol. The molecule has 0 saturated carbocycles. The van der Waals surface area contributed by atoms with E-state index < -0.39 is 18.9 Å². The SMILES string of the molecule is COCCOCCNC(=O)OCC(F)(F)F. The Kier molecular flexibility index (Phi) is 7.65. The third-order valence-corrected chi connectivity index (χ3v) is 1.31. The van der Waals surface area contributed by atoms with Crippen molar-refractivity contribution in [2.24, 2.45) is 0 Å². The van der Waals surface area contributed by atoms with E-state index in [9.17, 15) is 18.0 Å². The molecule has 8 heteroatoms. The molecule has 0 radical (unpaired) electrons. The summed E-state index contributed by atoms with van der Waals surface area (Å²) in [6.45, 7) is -0.553. The predicted molar refractivity (Wildman–Crippen MR) is 48.1 cm³/mol. The number of rotatable bonds is 7. The quantitative estimate of drug-likeness (QED) is 0.678. The number of methoxy groups -OCH3 is 1. The summed E-state index contributed by atoms with van der Waals surface area (Å²) in [6, 6.07) is 0. The van der Waals surface area contributed by atoms with Crippen LogP contribution in [0.1, 0.15) is 0 Å². The molecule has 0 aliphatic rings. The van der Waals surface area contributed by atoms with Gasteiger partial charge in [0, 0.05) is 13.7 Å². The molecule has 0 spiro atoms. The predicted octanol–water partition coefficient (Wildman–Crippen LogP) is 0.938. The van der Waals surface area contributed by atoms with Crippen LogP contribution in [-0.2, 0) is 14.2 Å². The van der Waals surface area contributed by atoms with Gasteiger partial charge in [-0.3, -0.25) is 0 Å². The summed E-state index contributed by atoms with van der Waals surface area (Å²) in [5, 5.41) is 2.11. The van der Waals surface area contributed by atoms with Crippen molar-refractivity contribution < 1.29 is 32.2 Å². The first kappa shape index (κ1) is 15.0. The van der Waals surface area contributed by atoms with Crippen molar-refractivity contribution >= 4 is 6.09 Å². The minimum absolute atomic E-state index is 0.0837. The summed E-state index contributed by atoms with van der Waals surface area (Å²) >= 11 is 0. The van der Waals surface area contributed by atoms with Crippen LogP contribution in [0, 0.1) is 0 Å². The molecule has 0 atom stereocenters. The van der Waals surface area contributed by atoms with Gasteiger partial charge in [-0.1, -0.05) is 0 Å². The van der Waals surface area contributed by atoms with E-state index in [1.807, 2.05) is 0 Å². The normalized spacial score (nSPS) is 11.2. The Morgan fingerprint density at radius 2 is 1.94 bits per heavy atom. The second-order valence-electron chi connectivity index (χ2n) is 2.72. The number of alkyl carbamates (subject to hydrolysis) is 1. The lowest BCUT2D eigenvalue weighted by Gasteiger charge is -2.09. The average Bonchev–Trinajstić information content (AvgIpc) is 2.19. The molecule has 0 aliphatic heterocycles. The van der Waals surface area contributed by atoms with Crippen molar-refractivity contribution in [3.8, 4) is 0 Å². The highest BCUT2D eigenvalue weighted by atomic mass is 19.4. The lowest BCUT2D eigenvalue weighted by atomic mass is 10.6. The molecule has 0 fully saturated rings. The van der Waals surface area contributed by atoms with Crippen LogP contribution in [0.25, 0.3) is 0 Å². The molecule has 1 N–H and O–H groups in total. The summed E-state index contributed by atoms with van der Waals surface area (Å²) < 4.78 is 48.3. The Morgan fingerprint density at radius 1 is 1.25 bits per heavy atom. The van der Waals surface area contributed by atoms with Crippen molar-refractivity contribution in [3.05, 3.63) is 0 Å². The molecule has 96 valence electrons. The molecule has 0 unspecified atom stereocenters. The fourth-order valence-corrected chi connectivity index (χ4v) is 0.668. The van der Waals surface area contributed by atoms with Gasteiger partial charge in [0.05, 0.1) is 19.8 Å². The largest absolute Gasteiger partial charge is 0.440 e. The second kappa shape index (κ2) is 8.17. The monoisotopic (exact) mass is 245 g/mol. The van der Waals surface area contributed by atoms with Crippen molar-refractivity contribution in [1.82, 2.24) is 5.32 Å². The molecule has 0 aliphatic carbocycles. The zero-order valence-corrected chi connectivity index (χ0v) is 8.80. The lowest BCUT2D eigenvalue weighted by Crippen LogP contribution is -2.31. The zero-order chi connectivity index (χ0) is 12.4. The number of carbonyl (C=O) groups is 1. The number of ether oxygens (including phenoxy) is 3. The van der Waals surface area contributed by atoms with Crippen molar-refractivity contribution in [3.63, 3.8) is 0 Å². The van der Waals surface area contributed by atoms with Crippen LogP contribution < -0.4 is 5.32 Å². The standard InChI is InChI=1S/C8H14F3NO4/c1-14-4-5-15-3-2-12-7(13)16-6-8(9,10)11/h2-6H2,1H3,(H,12,13). The molecule has 0 rings (SSSR count). The van der Waals surface area contributed by atoms with E-state index in [4.69, 9.17) is 4.74 Å². The summed E-state index contributed by atoms with van der Waals surface area (Å²) in [7, 11) is 1.51. The lowest BCUT2D eigenvalue weighted by molar-refractivity contribution is -0.160. The van der Waals surface area contributed by atoms with Crippen molar-refractivity contribution in [1.29, 1.82) is 0 Å². The number of hydrogen-bond acceptors (Lipinski definition) is 4. The molecule has 0 aromatic heterocycles. The smallest absolute Gasteiger partial charge is 0.422 e. The van der Waals surface area contributed by atoms with E-state index in [0.29, 0.717) is 13.2 Å². The first-order valence-electron chi connectivity index (χ1n) is 4.50. The van der Waals surface area contributed by atoms with E-state index in [-0.39, 0.29) is 13.2 Å². The maximum atomic E-state index is 11.6. The molecule has 0 bridgehead atoms. The minimum atomic E-state index is -4.51. The number of carbonyl (C=O) groups excluding carboxylic acids is 1. The molecule has 0 aromatic rings. The van der Waals surface area contributed by atoms with Gasteiger partial charge in [0.1, 0.15) is 0 Å². The van der Waals surface area contributed by atoms with E-state index >= 15 is 0 Å². The maximum absolute atomic E-state index is 11.6. The molecule has 0 heterocycles. The molecular weight excluding hydrogens is 231 g/mol. The molecule has 0 saturated heterocycles. The Bertz CT molecular complexity index is 198. The van der Waals surface area contributed by atoms with Crippen LogP contribution >= 0.6 is 0 Å². The van der Waals surface area contributed by atoms with Crippen LogP contribution in [0.4, 0.5) is 18.0 Å².